The third kappa shape index (κ3) is 2.12. The van der Waals surface area contributed by atoms with Gasteiger partial charge in [0.25, 0.3) is 0 Å². The lowest BCUT2D eigenvalue weighted by Gasteiger charge is -2.32. The molecule has 0 N–H and O–H groups in total. The number of rotatable bonds is 1. The predicted molar refractivity (Wildman–Crippen MR) is 59.4 cm³/mol. The van der Waals surface area contributed by atoms with Crippen LogP contribution in [0.4, 0.5) is 0 Å². The maximum absolute atomic E-state index is 6.28. The SMILES string of the molecule is CC1(C)OB([Si](C)(C)Cl)OC1(C)C. The Morgan fingerprint density at radius 2 is 1.31 bits per heavy atom. The zero-order valence-corrected chi connectivity index (χ0v) is 11.0. The van der Waals surface area contributed by atoms with E-state index in [1.807, 2.05) is 40.8 Å². The van der Waals surface area contributed by atoms with Gasteiger partial charge in [0.1, 0.15) is 0 Å². The van der Waals surface area contributed by atoms with Gasteiger partial charge in [-0.05, 0) is 27.7 Å². The molecule has 76 valence electrons. The molecule has 0 unspecified atom stereocenters. The molecule has 0 atom stereocenters. The highest BCUT2D eigenvalue weighted by molar-refractivity contribution is 7.49. The summed E-state index contributed by atoms with van der Waals surface area (Å²) in [7, 11) is -1.87. The van der Waals surface area contributed by atoms with Crippen LogP contribution in [0.15, 0.2) is 0 Å². The van der Waals surface area contributed by atoms with Crippen molar-refractivity contribution in [2.24, 2.45) is 0 Å². The normalized spacial score (nSPS) is 26.5. The second kappa shape index (κ2) is 2.99. The predicted octanol–water partition coefficient (Wildman–Crippen LogP) is 2.60. The topological polar surface area (TPSA) is 18.5 Å². The molecule has 1 aliphatic rings. The summed E-state index contributed by atoms with van der Waals surface area (Å²) in [5.41, 5.74) is -0.506. The van der Waals surface area contributed by atoms with Crippen LogP contribution in [0.5, 0.6) is 0 Å². The van der Waals surface area contributed by atoms with Crippen molar-refractivity contribution < 1.29 is 9.31 Å². The third-order valence-corrected chi connectivity index (χ3v) is 4.70. The van der Waals surface area contributed by atoms with Gasteiger partial charge in [0.15, 0.2) is 7.25 Å². The Morgan fingerprint density at radius 3 is 1.46 bits per heavy atom. The molecule has 0 aromatic carbocycles. The minimum Gasteiger partial charge on any atom is -0.405 e. The van der Waals surface area contributed by atoms with Crippen LogP contribution in [0, 0.1) is 0 Å². The maximum Gasteiger partial charge on any atom is 0.452 e. The average molecular weight is 221 g/mol. The first-order valence-electron chi connectivity index (χ1n) is 4.61. The molecular weight excluding hydrogens is 202 g/mol. The monoisotopic (exact) mass is 220 g/mol. The Morgan fingerprint density at radius 1 is 1.00 bits per heavy atom. The van der Waals surface area contributed by atoms with Crippen LogP contribution in [-0.4, -0.2) is 25.2 Å². The summed E-state index contributed by atoms with van der Waals surface area (Å²) in [6.07, 6.45) is 0. The number of halogens is 1. The number of hydrogen-bond donors (Lipinski definition) is 0. The Balaban J connectivity index is 2.83. The maximum atomic E-state index is 6.28. The lowest BCUT2D eigenvalue weighted by atomic mass is 9.90. The van der Waals surface area contributed by atoms with Crippen molar-refractivity contribution in [1.82, 2.24) is 0 Å². The third-order valence-electron chi connectivity index (χ3n) is 2.81. The Bertz CT molecular complexity index is 197. The molecule has 2 nitrogen and oxygen atoms in total. The van der Waals surface area contributed by atoms with Crippen LogP contribution in [0.3, 0.4) is 0 Å². The molecule has 1 aliphatic heterocycles. The summed E-state index contributed by atoms with van der Waals surface area (Å²) in [6, 6.07) is 0. The van der Waals surface area contributed by atoms with E-state index in [0.29, 0.717) is 0 Å². The molecular formula is C8H18BClO2Si. The molecule has 0 aliphatic carbocycles. The van der Waals surface area contributed by atoms with Crippen LogP contribution < -0.4 is 0 Å². The van der Waals surface area contributed by atoms with Gasteiger partial charge in [-0.2, -0.15) is 11.1 Å². The molecule has 0 saturated carbocycles. The Hall–Kier alpha value is 0.492. The van der Waals surface area contributed by atoms with Gasteiger partial charge < -0.3 is 9.31 Å². The standard InChI is InChI=1S/C8H18BClO2Si/c1-7(2)8(3,4)12-9(11-7)13(5,6)10/h1-6H3. The smallest absolute Gasteiger partial charge is 0.405 e. The molecule has 0 bridgehead atoms. The van der Waals surface area contributed by atoms with Gasteiger partial charge in [-0.3, -0.25) is 0 Å². The van der Waals surface area contributed by atoms with E-state index in [-0.39, 0.29) is 17.9 Å². The van der Waals surface area contributed by atoms with E-state index in [1.54, 1.807) is 0 Å². The van der Waals surface area contributed by atoms with Crippen LogP contribution in [0.25, 0.3) is 0 Å². The molecule has 0 aromatic rings. The van der Waals surface area contributed by atoms with Gasteiger partial charge in [0, 0.05) is 0 Å². The molecule has 0 aromatic heterocycles. The number of hydrogen-bond acceptors (Lipinski definition) is 2. The van der Waals surface area contributed by atoms with Gasteiger partial charge in [0.2, 0.25) is 0 Å². The highest BCUT2D eigenvalue weighted by Crippen LogP contribution is 2.39. The summed E-state index contributed by atoms with van der Waals surface area (Å²) in [5.74, 6) is 0. The molecule has 1 heterocycles. The fourth-order valence-corrected chi connectivity index (χ4v) is 2.54. The van der Waals surface area contributed by atoms with Crippen molar-refractivity contribution in [3.05, 3.63) is 0 Å². The first kappa shape index (κ1) is 11.6. The molecule has 5 heteroatoms. The first-order chi connectivity index (χ1) is 5.56. The van der Waals surface area contributed by atoms with E-state index in [0.717, 1.165) is 0 Å². The summed E-state index contributed by atoms with van der Waals surface area (Å²) >= 11 is 6.28. The lowest BCUT2D eigenvalue weighted by molar-refractivity contribution is 0.00578. The van der Waals surface area contributed by atoms with E-state index >= 15 is 0 Å². The van der Waals surface area contributed by atoms with Crippen molar-refractivity contribution >= 4 is 25.0 Å². The lowest BCUT2D eigenvalue weighted by Crippen LogP contribution is -2.43. The minimum atomic E-state index is -1.87. The van der Waals surface area contributed by atoms with E-state index < -0.39 is 7.25 Å². The zero-order valence-electron chi connectivity index (χ0n) is 9.27. The van der Waals surface area contributed by atoms with Crippen LogP contribution in [0.1, 0.15) is 27.7 Å². The largest absolute Gasteiger partial charge is 0.452 e. The summed E-state index contributed by atoms with van der Waals surface area (Å²) < 4.78 is 11.7. The quantitative estimate of drug-likeness (QED) is 0.500. The van der Waals surface area contributed by atoms with Crippen LogP contribution >= 0.6 is 11.1 Å². The van der Waals surface area contributed by atoms with Crippen LogP contribution in [-0.2, 0) is 9.31 Å². The van der Waals surface area contributed by atoms with Crippen molar-refractivity contribution in [2.75, 3.05) is 0 Å². The van der Waals surface area contributed by atoms with E-state index in [4.69, 9.17) is 20.4 Å². The summed E-state index contributed by atoms with van der Waals surface area (Å²) in [5, 5.41) is 0. The molecule has 1 saturated heterocycles. The van der Waals surface area contributed by atoms with Crippen LogP contribution in [0.2, 0.25) is 13.1 Å². The van der Waals surface area contributed by atoms with Crippen molar-refractivity contribution in [1.29, 1.82) is 0 Å². The summed E-state index contributed by atoms with van der Waals surface area (Å²) in [4.78, 5) is 0. The van der Waals surface area contributed by atoms with Crippen molar-refractivity contribution in [2.45, 2.75) is 52.0 Å². The Labute approximate surface area is 86.7 Å². The molecule has 0 radical (unpaired) electrons. The van der Waals surface area contributed by atoms with Gasteiger partial charge >= 0.3 is 6.71 Å². The molecule has 13 heavy (non-hydrogen) atoms. The van der Waals surface area contributed by atoms with Gasteiger partial charge in [-0.15, -0.1) is 0 Å². The summed E-state index contributed by atoms with van der Waals surface area (Å²) in [6.45, 7) is 12.1. The van der Waals surface area contributed by atoms with E-state index in [1.165, 1.54) is 0 Å². The van der Waals surface area contributed by atoms with Crippen molar-refractivity contribution in [3.63, 3.8) is 0 Å². The van der Waals surface area contributed by atoms with Crippen molar-refractivity contribution in [3.8, 4) is 0 Å². The molecule has 0 spiro atoms. The second-order valence-corrected chi connectivity index (χ2v) is 11.7. The zero-order chi connectivity index (χ0) is 10.5. The van der Waals surface area contributed by atoms with Gasteiger partial charge in [-0.1, -0.05) is 13.1 Å². The first-order valence-corrected chi connectivity index (χ1v) is 8.70. The highest BCUT2D eigenvalue weighted by Gasteiger charge is 2.56. The van der Waals surface area contributed by atoms with Gasteiger partial charge in [0.05, 0.1) is 11.2 Å². The molecule has 0 amide bonds. The minimum absolute atomic E-state index is 0.195. The Kier molecular flexibility index (Phi) is 2.66. The van der Waals surface area contributed by atoms with Gasteiger partial charge in [-0.25, -0.2) is 0 Å². The molecule has 1 rings (SSSR count). The van der Waals surface area contributed by atoms with E-state index in [9.17, 15) is 0 Å². The average Bonchev–Trinajstić information content (AvgIpc) is 2.00. The van der Waals surface area contributed by atoms with E-state index in [2.05, 4.69) is 0 Å². The molecule has 1 fully saturated rings. The fourth-order valence-electron chi connectivity index (χ4n) is 1.12. The highest BCUT2D eigenvalue weighted by atomic mass is 35.6. The fraction of sp³-hybridized carbons (Fsp3) is 1.00. The second-order valence-electron chi connectivity index (χ2n) is 5.15.